The second-order valence-corrected chi connectivity index (χ2v) is 8.04. The third-order valence-electron chi connectivity index (χ3n) is 5.01. The number of thioether (sulfide) groups is 1. The Morgan fingerprint density at radius 1 is 1.21 bits per heavy atom. The minimum absolute atomic E-state index is 0.123. The van der Waals surface area contributed by atoms with Gasteiger partial charge in [-0.25, -0.2) is 0 Å². The Kier molecular flexibility index (Phi) is 7.24. The lowest BCUT2D eigenvalue weighted by Crippen LogP contribution is -2.41. The van der Waals surface area contributed by atoms with Gasteiger partial charge in [0.05, 0.1) is 26.1 Å². The second-order valence-electron chi connectivity index (χ2n) is 6.97. The van der Waals surface area contributed by atoms with E-state index in [1.54, 1.807) is 7.11 Å². The number of hydrogen-bond donors (Lipinski definition) is 1. The first-order valence-corrected chi connectivity index (χ1v) is 10.7. The molecule has 1 saturated heterocycles. The topological polar surface area (TPSA) is 94.2 Å². The summed E-state index contributed by atoms with van der Waals surface area (Å²) in [4.78, 5) is 37.2. The molecule has 9 heteroatoms. The predicted molar refractivity (Wildman–Crippen MR) is 108 cm³/mol. The van der Waals surface area contributed by atoms with E-state index >= 15 is 0 Å². The van der Waals surface area contributed by atoms with Gasteiger partial charge in [0.2, 0.25) is 11.8 Å². The van der Waals surface area contributed by atoms with Crippen molar-refractivity contribution in [3.8, 4) is 11.5 Å². The molecule has 0 radical (unpaired) electrons. The highest BCUT2D eigenvalue weighted by Crippen LogP contribution is 2.42. The van der Waals surface area contributed by atoms with Crippen molar-refractivity contribution < 1.29 is 28.6 Å². The molecule has 2 fully saturated rings. The number of nitrogens with zero attached hydrogens (tertiary/aromatic N) is 1. The Morgan fingerprint density at radius 2 is 1.97 bits per heavy atom. The predicted octanol–water partition coefficient (Wildman–Crippen LogP) is 1.88. The third kappa shape index (κ3) is 5.35. The molecule has 0 spiro atoms. The molecular weight excluding hydrogens is 396 g/mol. The van der Waals surface area contributed by atoms with Crippen LogP contribution in [0.5, 0.6) is 11.5 Å². The highest BCUT2D eigenvalue weighted by Gasteiger charge is 2.35. The first-order valence-electron chi connectivity index (χ1n) is 9.61. The number of amides is 2. The van der Waals surface area contributed by atoms with Crippen molar-refractivity contribution in [3.05, 3.63) is 23.8 Å². The molecule has 1 aromatic carbocycles. The number of rotatable bonds is 8. The number of benzene rings is 1. The molecule has 1 heterocycles. The van der Waals surface area contributed by atoms with E-state index in [0.717, 1.165) is 31.2 Å². The highest BCUT2D eigenvalue weighted by molar-refractivity contribution is 8.00. The first-order chi connectivity index (χ1) is 14.0. The van der Waals surface area contributed by atoms with E-state index in [1.165, 1.54) is 23.8 Å². The molecule has 8 nitrogen and oxygen atoms in total. The first kappa shape index (κ1) is 21.3. The molecule has 0 aromatic heterocycles. The van der Waals surface area contributed by atoms with Crippen LogP contribution in [0.2, 0.25) is 0 Å². The van der Waals surface area contributed by atoms with E-state index in [4.69, 9.17) is 9.47 Å². The fourth-order valence-electron chi connectivity index (χ4n) is 3.48. The molecule has 29 heavy (non-hydrogen) atoms. The lowest BCUT2D eigenvalue weighted by molar-refractivity contribution is -0.141. The van der Waals surface area contributed by atoms with Crippen LogP contribution in [-0.4, -0.2) is 61.8 Å². The van der Waals surface area contributed by atoms with Crippen LogP contribution in [0.3, 0.4) is 0 Å². The van der Waals surface area contributed by atoms with Crippen molar-refractivity contribution >= 4 is 29.5 Å². The van der Waals surface area contributed by atoms with Gasteiger partial charge in [-0.3, -0.25) is 14.4 Å². The summed E-state index contributed by atoms with van der Waals surface area (Å²) in [5.74, 6) is 0.527. The van der Waals surface area contributed by atoms with Gasteiger partial charge in [0.25, 0.3) is 0 Å². The second kappa shape index (κ2) is 9.87. The molecule has 1 saturated carbocycles. The Bertz CT molecular complexity index is 765. The maximum Gasteiger partial charge on any atom is 0.325 e. The Hall–Kier alpha value is -2.42. The fraction of sp³-hybridized carbons (Fsp3) is 0.550. The SMILES string of the molecule is COC(=O)CNC(=O)CN1C(=O)CSC1c1ccc(OC)c(OC2CCCC2)c1. The van der Waals surface area contributed by atoms with Crippen LogP contribution in [0.25, 0.3) is 0 Å². The van der Waals surface area contributed by atoms with Crippen LogP contribution in [-0.2, 0) is 19.1 Å². The summed E-state index contributed by atoms with van der Waals surface area (Å²) in [7, 11) is 2.85. The minimum atomic E-state index is -0.541. The normalized spacial score (nSPS) is 19.3. The van der Waals surface area contributed by atoms with Gasteiger partial charge in [-0.15, -0.1) is 11.8 Å². The average Bonchev–Trinajstić information content (AvgIpc) is 3.36. The number of ether oxygens (including phenoxy) is 3. The number of methoxy groups -OCH3 is 2. The smallest absolute Gasteiger partial charge is 0.325 e. The largest absolute Gasteiger partial charge is 0.493 e. The van der Waals surface area contributed by atoms with Crippen molar-refractivity contribution in [1.82, 2.24) is 10.2 Å². The average molecular weight is 423 g/mol. The summed E-state index contributed by atoms with van der Waals surface area (Å²) in [6, 6.07) is 5.61. The molecule has 3 rings (SSSR count). The van der Waals surface area contributed by atoms with E-state index in [0.29, 0.717) is 17.3 Å². The van der Waals surface area contributed by atoms with Crippen molar-refractivity contribution in [2.24, 2.45) is 0 Å². The lowest BCUT2D eigenvalue weighted by Gasteiger charge is -2.25. The van der Waals surface area contributed by atoms with Crippen molar-refractivity contribution in [2.75, 3.05) is 33.1 Å². The number of esters is 1. The monoisotopic (exact) mass is 422 g/mol. The van der Waals surface area contributed by atoms with Gasteiger partial charge >= 0.3 is 5.97 Å². The molecule has 0 bridgehead atoms. The maximum atomic E-state index is 12.4. The van der Waals surface area contributed by atoms with E-state index in [9.17, 15) is 14.4 Å². The lowest BCUT2D eigenvalue weighted by atomic mass is 10.1. The number of nitrogens with one attached hydrogen (secondary N) is 1. The van der Waals surface area contributed by atoms with Crippen LogP contribution < -0.4 is 14.8 Å². The van der Waals surface area contributed by atoms with Crippen LogP contribution >= 0.6 is 11.8 Å². The van der Waals surface area contributed by atoms with Gasteiger partial charge in [-0.1, -0.05) is 6.07 Å². The van der Waals surface area contributed by atoms with Crippen molar-refractivity contribution in [1.29, 1.82) is 0 Å². The maximum absolute atomic E-state index is 12.4. The third-order valence-corrected chi connectivity index (χ3v) is 6.26. The van der Waals surface area contributed by atoms with Gasteiger partial charge in [0, 0.05) is 0 Å². The summed E-state index contributed by atoms with van der Waals surface area (Å²) >= 11 is 1.46. The van der Waals surface area contributed by atoms with E-state index < -0.39 is 11.9 Å². The summed E-state index contributed by atoms with van der Waals surface area (Å²) in [6.07, 6.45) is 4.55. The van der Waals surface area contributed by atoms with Gasteiger partial charge in [0.15, 0.2) is 11.5 Å². The van der Waals surface area contributed by atoms with Gasteiger partial charge in [-0.2, -0.15) is 0 Å². The number of hydrogen-bond acceptors (Lipinski definition) is 7. The van der Waals surface area contributed by atoms with E-state index in [-0.39, 0.29) is 30.5 Å². The number of carbonyl (C=O) groups excluding carboxylic acids is 3. The van der Waals surface area contributed by atoms with Gasteiger partial charge in [-0.05, 0) is 43.4 Å². The Morgan fingerprint density at radius 3 is 2.66 bits per heavy atom. The van der Waals surface area contributed by atoms with Crippen LogP contribution in [0.1, 0.15) is 36.6 Å². The van der Waals surface area contributed by atoms with Crippen LogP contribution in [0.15, 0.2) is 18.2 Å². The molecule has 1 aromatic rings. The molecule has 1 aliphatic heterocycles. The molecule has 2 amide bonds. The molecular formula is C20H26N2O6S. The summed E-state index contributed by atoms with van der Waals surface area (Å²) < 4.78 is 16.1. The zero-order valence-electron chi connectivity index (χ0n) is 16.6. The number of carbonyl (C=O) groups is 3. The molecule has 1 N–H and O–H groups in total. The zero-order valence-corrected chi connectivity index (χ0v) is 17.5. The fourth-order valence-corrected chi connectivity index (χ4v) is 4.66. The summed E-state index contributed by atoms with van der Waals surface area (Å²) in [6.45, 7) is -0.352. The van der Waals surface area contributed by atoms with Crippen molar-refractivity contribution in [2.45, 2.75) is 37.2 Å². The quantitative estimate of drug-likeness (QED) is 0.639. The van der Waals surface area contributed by atoms with E-state index in [2.05, 4.69) is 10.1 Å². The molecule has 1 aliphatic carbocycles. The minimum Gasteiger partial charge on any atom is -0.493 e. The summed E-state index contributed by atoms with van der Waals surface area (Å²) in [5.41, 5.74) is 0.871. The molecule has 1 unspecified atom stereocenters. The van der Waals surface area contributed by atoms with Gasteiger partial charge < -0.3 is 24.4 Å². The standard InChI is InChI=1S/C20H26N2O6S/c1-26-15-8-7-13(9-16(15)28-14-5-3-4-6-14)20-22(18(24)12-29-20)11-17(23)21-10-19(25)27-2/h7-9,14,20H,3-6,10-12H2,1-2H3,(H,21,23). The molecule has 158 valence electrons. The molecule has 2 aliphatic rings. The highest BCUT2D eigenvalue weighted by atomic mass is 32.2. The van der Waals surface area contributed by atoms with Gasteiger partial charge in [0.1, 0.15) is 18.5 Å². The van der Waals surface area contributed by atoms with E-state index in [1.807, 2.05) is 18.2 Å². The van der Waals surface area contributed by atoms with Crippen LogP contribution in [0.4, 0.5) is 0 Å². The van der Waals surface area contributed by atoms with Crippen molar-refractivity contribution in [3.63, 3.8) is 0 Å². The molecule has 1 atom stereocenters. The Balaban J connectivity index is 1.72. The van der Waals surface area contributed by atoms with Crippen LogP contribution in [0, 0.1) is 0 Å². The Labute approximate surface area is 174 Å². The summed E-state index contributed by atoms with van der Waals surface area (Å²) in [5, 5.41) is 2.17. The zero-order chi connectivity index (χ0) is 20.8.